The van der Waals surface area contributed by atoms with Gasteiger partial charge in [0.1, 0.15) is 23.1 Å². The summed E-state index contributed by atoms with van der Waals surface area (Å²) in [6.45, 7) is 4.66. The molecular weight excluding hydrogens is 344 g/mol. The summed E-state index contributed by atoms with van der Waals surface area (Å²) in [7, 11) is 1.86. The first kappa shape index (κ1) is 19.4. The van der Waals surface area contributed by atoms with Crippen molar-refractivity contribution in [3.63, 3.8) is 0 Å². The van der Waals surface area contributed by atoms with Crippen LogP contribution in [0.15, 0.2) is 18.7 Å². The van der Waals surface area contributed by atoms with E-state index in [0.717, 1.165) is 5.56 Å². The van der Waals surface area contributed by atoms with E-state index < -0.39 is 11.0 Å². The third-order valence-corrected chi connectivity index (χ3v) is 4.83. The Hall–Kier alpha value is -1.91. The third-order valence-electron chi connectivity index (χ3n) is 3.55. The monoisotopic (exact) mass is 368 g/mol. The number of aryl methyl sites for hydroxylation is 1. The normalized spacial score (nSPS) is 13.8. The molecule has 2 aromatic heterocycles. The Morgan fingerprint density at radius 3 is 2.48 bits per heavy atom. The molecule has 0 saturated carbocycles. The van der Waals surface area contributed by atoms with Crippen molar-refractivity contribution in [3.05, 3.63) is 30.1 Å². The van der Waals surface area contributed by atoms with Crippen molar-refractivity contribution in [2.75, 3.05) is 32.2 Å². The molecule has 2 rings (SSSR count). The Morgan fingerprint density at radius 1 is 1.24 bits per heavy atom. The average Bonchev–Trinajstić information content (AvgIpc) is 3.04. The van der Waals surface area contributed by atoms with Gasteiger partial charge in [-0.2, -0.15) is 0 Å². The lowest BCUT2D eigenvalue weighted by Gasteiger charge is -2.19. The molecule has 1 N–H and O–H groups in total. The second-order valence-electron chi connectivity index (χ2n) is 5.72. The van der Waals surface area contributed by atoms with Crippen LogP contribution in [0.1, 0.15) is 24.4 Å². The van der Waals surface area contributed by atoms with E-state index in [0.29, 0.717) is 31.4 Å². The average molecular weight is 368 g/mol. The summed E-state index contributed by atoms with van der Waals surface area (Å²) in [6.07, 6.45) is 5.56. The van der Waals surface area contributed by atoms with E-state index in [2.05, 4.69) is 24.9 Å². The lowest BCUT2D eigenvalue weighted by atomic mass is 10.3. The van der Waals surface area contributed by atoms with Gasteiger partial charge in [0.2, 0.25) is 5.95 Å². The molecule has 0 saturated heterocycles. The van der Waals surface area contributed by atoms with E-state index >= 15 is 0 Å². The van der Waals surface area contributed by atoms with Gasteiger partial charge < -0.3 is 9.47 Å². The number of nitrogens with one attached hydrogen (secondary N) is 1. The molecule has 0 aliphatic rings. The minimum absolute atomic E-state index is 0.111. The zero-order chi connectivity index (χ0) is 18.2. The van der Waals surface area contributed by atoms with E-state index in [1.807, 2.05) is 13.8 Å². The fourth-order valence-corrected chi connectivity index (χ4v) is 3.05. The Balaban J connectivity index is 2.02. The van der Waals surface area contributed by atoms with Crippen LogP contribution in [-0.2, 0) is 26.9 Å². The molecule has 138 valence electrons. The molecule has 0 spiro atoms. The molecule has 2 aromatic rings. The van der Waals surface area contributed by atoms with E-state index in [1.54, 1.807) is 37.5 Å². The van der Waals surface area contributed by atoms with E-state index in [1.165, 1.54) is 0 Å². The molecule has 0 aromatic carbocycles. The molecule has 0 aliphatic carbocycles. The van der Waals surface area contributed by atoms with Crippen molar-refractivity contribution in [2.45, 2.75) is 31.6 Å². The molecule has 0 radical (unpaired) electrons. The molecule has 2 heterocycles. The van der Waals surface area contributed by atoms with Crippen molar-refractivity contribution in [2.24, 2.45) is 0 Å². The number of methoxy groups -OCH3 is 2. The smallest absolute Gasteiger partial charge is 0.236 e. The number of aromatic nitrogens is 5. The van der Waals surface area contributed by atoms with E-state index in [-0.39, 0.29) is 11.3 Å². The van der Waals surface area contributed by atoms with Gasteiger partial charge in [-0.3, -0.25) is 9.29 Å². The molecule has 25 heavy (non-hydrogen) atoms. The maximum absolute atomic E-state index is 12.6. The lowest BCUT2D eigenvalue weighted by Crippen LogP contribution is -2.26. The minimum atomic E-state index is -1.37. The van der Waals surface area contributed by atoms with Crippen LogP contribution in [0.25, 0.3) is 0 Å². The highest BCUT2D eigenvalue weighted by molar-refractivity contribution is 7.86. The van der Waals surface area contributed by atoms with Gasteiger partial charge >= 0.3 is 0 Å². The van der Waals surface area contributed by atoms with Gasteiger partial charge in [-0.1, -0.05) is 0 Å². The first-order chi connectivity index (χ1) is 12.0. The number of anilines is 1. The Labute approximate surface area is 149 Å². The Bertz CT molecular complexity index is 672. The highest BCUT2D eigenvalue weighted by Crippen LogP contribution is 2.15. The number of hydrogen-bond donors (Lipinski definition) is 1. The van der Waals surface area contributed by atoms with Crippen LogP contribution >= 0.6 is 0 Å². The van der Waals surface area contributed by atoms with Crippen LogP contribution in [0.2, 0.25) is 0 Å². The standard InChI is InChI=1S/C15H24N6O3S/c1-11-6-16-14(17-7-11)5-12(2)25(22)20-15-19-18-10-21(15)13(8-23-3)9-24-4/h6-7,10,12-13H,5,8-9H2,1-4H3,(H,19,20). The van der Waals surface area contributed by atoms with Crippen LogP contribution in [0, 0.1) is 6.92 Å². The van der Waals surface area contributed by atoms with Crippen molar-refractivity contribution < 1.29 is 13.7 Å². The SMILES string of the molecule is COCC(COC)n1cnnc1NS(=O)C(C)Cc1ncc(C)cn1. The van der Waals surface area contributed by atoms with Crippen LogP contribution in [0.4, 0.5) is 5.95 Å². The van der Waals surface area contributed by atoms with Crippen molar-refractivity contribution >= 4 is 16.9 Å². The Kier molecular flexibility index (Phi) is 7.41. The quantitative estimate of drug-likeness (QED) is 0.665. The summed E-state index contributed by atoms with van der Waals surface area (Å²) in [5.41, 5.74) is 0.992. The second-order valence-corrected chi connectivity index (χ2v) is 7.32. The van der Waals surface area contributed by atoms with Gasteiger partial charge in [-0.25, -0.2) is 14.2 Å². The van der Waals surface area contributed by atoms with Crippen molar-refractivity contribution in [1.29, 1.82) is 0 Å². The fourth-order valence-electron chi connectivity index (χ4n) is 2.22. The largest absolute Gasteiger partial charge is 0.382 e. The van der Waals surface area contributed by atoms with Crippen molar-refractivity contribution in [1.82, 2.24) is 24.7 Å². The van der Waals surface area contributed by atoms with Gasteiger partial charge in [0.05, 0.1) is 24.5 Å². The third kappa shape index (κ3) is 5.55. The van der Waals surface area contributed by atoms with Gasteiger partial charge in [0, 0.05) is 33.0 Å². The number of hydrogen-bond acceptors (Lipinski definition) is 7. The highest BCUT2D eigenvalue weighted by atomic mass is 32.2. The maximum Gasteiger partial charge on any atom is 0.236 e. The number of rotatable bonds is 10. The summed E-state index contributed by atoms with van der Waals surface area (Å²) in [6, 6.07) is -0.111. The molecule has 0 bridgehead atoms. The Morgan fingerprint density at radius 2 is 1.88 bits per heavy atom. The van der Waals surface area contributed by atoms with Crippen LogP contribution in [-0.4, -0.2) is 61.6 Å². The molecule has 9 nitrogen and oxygen atoms in total. The van der Waals surface area contributed by atoms with Gasteiger partial charge in [0.25, 0.3) is 0 Å². The predicted molar refractivity (Wildman–Crippen MR) is 94.5 cm³/mol. The lowest BCUT2D eigenvalue weighted by molar-refractivity contribution is 0.0902. The molecule has 2 atom stereocenters. The summed E-state index contributed by atoms with van der Waals surface area (Å²) < 4.78 is 27.7. The molecule has 2 unspecified atom stereocenters. The fraction of sp³-hybridized carbons (Fsp3) is 0.600. The summed E-state index contributed by atoms with van der Waals surface area (Å²) >= 11 is 0. The predicted octanol–water partition coefficient (Wildman–Crippen LogP) is 0.917. The molecule has 10 heteroatoms. The van der Waals surface area contributed by atoms with Gasteiger partial charge in [-0.05, 0) is 19.4 Å². The van der Waals surface area contributed by atoms with Gasteiger partial charge in [-0.15, -0.1) is 10.2 Å². The summed E-state index contributed by atoms with van der Waals surface area (Å²) in [4.78, 5) is 8.51. The first-order valence-electron chi connectivity index (χ1n) is 7.87. The summed E-state index contributed by atoms with van der Waals surface area (Å²) in [5, 5.41) is 7.70. The topological polar surface area (TPSA) is 104 Å². The highest BCUT2D eigenvalue weighted by Gasteiger charge is 2.20. The zero-order valence-electron chi connectivity index (χ0n) is 14.9. The van der Waals surface area contributed by atoms with Crippen molar-refractivity contribution in [3.8, 4) is 0 Å². The molecular formula is C15H24N6O3S. The minimum Gasteiger partial charge on any atom is -0.382 e. The van der Waals surface area contributed by atoms with Crippen LogP contribution < -0.4 is 4.72 Å². The maximum atomic E-state index is 12.6. The van der Waals surface area contributed by atoms with Crippen LogP contribution in [0.5, 0.6) is 0 Å². The molecule has 0 fully saturated rings. The molecule has 0 amide bonds. The summed E-state index contributed by atoms with van der Waals surface area (Å²) in [5.74, 6) is 1.07. The second kappa shape index (κ2) is 9.54. The first-order valence-corrected chi connectivity index (χ1v) is 9.08. The van der Waals surface area contributed by atoms with Gasteiger partial charge in [0.15, 0.2) is 0 Å². The number of nitrogens with zero attached hydrogens (tertiary/aromatic N) is 5. The molecule has 0 aliphatic heterocycles. The van der Waals surface area contributed by atoms with E-state index in [4.69, 9.17) is 9.47 Å². The zero-order valence-corrected chi connectivity index (χ0v) is 15.7. The van der Waals surface area contributed by atoms with E-state index in [9.17, 15) is 4.21 Å². The van der Waals surface area contributed by atoms with Crippen LogP contribution in [0.3, 0.4) is 0 Å². The number of ether oxygens (including phenoxy) is 2.